The number of aromatic hydroxyl groups is 1. The van der Waals surface area contributed by atoms with Crippen molar-refractivity contribution in [2.24, 2.45) is 0 Å². The highest BCUT2D eigenvalue weighted by Gasteiger charge is 2.19. The Labute approximate surface area is 85.3 Å². The lowest BCUT2D eigenvalue weighted by Crippen LogP contribution is -1.93. The Hall–Kier alpha value is -0.450. The molecule has 0 amide bonds. The molecular weight excluding hydrogens is 235 g/mol. The Morgan fingerprint density at radius 1 is 1.38 bits per heavy atom. The highest BCUT2D eigenvalue weighted by Crippen LogP contribution is 2.33. The summed E-state index contributed by atoms with van der Waals surface area (Å²) in [4.78, 5) is -0.443. The van der Waals surface area contributed by atoms with E-state index in [4.69, 9.17) is 22.3 Å². The Balaban J connectivity index is 3.57. The van der Waals surface area contributed by atoms with E-state index in [9.17, 15) is 13.5 Å². The van der Waals surface area contributed by atoms with Crippen molar-refractivity contribution in [2.75, 3.05) is 0 Å². The van der Waals surface area contributed by atoms with Crippen LogP contribution in [0.15, 0.2) is 17.0 Å². The van der Waals surface area contributed by atoms with E-state index in [0.29, 0.717) is 5.56 Å². The molecule has 1 aromatic carbocycles. The van der Waals surface area contributed by atoms with Gasteiger partial charge in [0.2, 0.25) is 0 Å². The lowest BCUT2D eigenvalue weighted by molar-refractivity contribution is 0.459. The Morgan fingerprint density at radius 2 is 1.92 bits per heavy atom. The molecule has 1 N–H and O–H groups in total. The number of phenolic OH excluding ortho intramolecular Hbond substituents is 1. The average Bonchev–Trinajstić information content (AvgIpc) is 1.78. The van der Waals surface area contributed by atoms with E-state index in [0.717, 1.165) is 0 Å². The zero-order valence-electron chi connectivity index (χ0n) is 6.58. The normalized spacial score (nSPS) is 11.6. The monoisotopic (exact) mass is 240 g/mol. The third kappa shape index (κ3) is 2.27. The van der Waals surface area contributed by atoms with Gasteiger partial charge in [-0.15, -0.1) is 0 Å². The zero-order chi connectivity index (χ0) is 10.2. The van der Waals surface area contributed by atoms with Crippen LogP contribution in [0.5, 0.6) is 5.75 Å². The van der Waals surface area contributed by atoms with Crippen LogP contribution in [0.3, 0.4) is 0 Å². The molecule has 0 radical (unpaired) electrons. The first kappa shape index (κ1) is 10.6. The SMILES string of the molecule is Cc1cc(O)c(S(=O)(=O)Cl)c(Cl)c1. The summed E-state index contributed by atoms with van der Waals surface area (Å²) in [5, 5.41) is 9.18. The molecule has 0 saturated heterocycles. The summed E-state index contributed by atoms with van der Waals surface area (Å²) in [6, 6.07) is 2.69. The van der Waals surface area contributed by atoms with Crippen LogP contribution < -0.4 is 0 Å². The first-order chi connectivity index (χ1) is 5.82. The maximum absolute atomic E-state index is 10.9. The summed E-state index contributed by atoms with van der Waals surface area (Å²) in [5.74, 6) is -0.431. The lowest BCUT2D eigenvalue weighted by atomic mass is 10.2. The highest BCUT2D eigenvalue weighted by molar-refractivity contribution is 8.13. The molecule has 1 rings (SSSR count). The van der Waals surface area contributed by atoms with Gasteiger partial charge in [-0.2, -0.15) is 0 Å². The molecule has 0 aromatic heterocycles. The van der Waals surface area contributed by atoms with E-state index in [2.05, 4.69) is 0 Å². The fraction of sp³-hybridized carbons (Fsp3) is 0.143. The Morgan fingerprint density at radius 3 is 2.31 bits per heavy atom. The third-order valence-electron chi connectivity index (χ3n) is 1.41. The fourth-order valence-electron chi connectivity index (χ4n) is 0.952. The van der Waals surface area contributed by atoms with Crippen molar-refractivity contribution in [3.8, 4) is 5.75 Å². The van der Waals surface area contributed by atoms with Crippen molar-refractivity contribution in [3.05, 3.63) is 22.7 Å². The Kier molecular flexibility index (Phi) is 2.75. The van der Waals surface area contributed by atoms with Gasteiger partial charge in [-0.05, 0) is 24.6 Å². The fourth-order valence-corrected chi connectivity index (χ4v) is 2.73. The number of halogens is 2. The van der Waals surface area contributed by atoms with E-state index in [-0.39, 0.29) is 5.02 Å². The van der Waals surface area contributed by atoms with Crippen molar-refractivity contribution in [3.63, 3.8) is 0 Å². The molecule has 0 bridgehead atoms. The number of hydrogen-bond acceptors (Lipinski definition) is 3. The van der Waals surface area contributed by atoms with Gasteiger partial charge in [0.25, 0.3) is 9.05 Å². The van der Waals surface area contributed by atoms with Gasteiger partial charge in [0.05, 0.1) is 5.02 Å². The van der Waals surface area contributed by atoms with Gasteiger partial charge in [-0.25, -0.2) is 8.42 Å². The van der Waals surface area contributed by atoms with Crippen LogP contribution in [0.4, 0.5) is 0 Å². The number of rotatable bonds is 1. The average molecular weight is 241 g/mol. The van der Waals surface area contributed by atoms with Gasteiger partial charge in [0, 0.05) is 10.7 Å². The summed E-state index contributed by atoms with van der Waals surface area (Å²) in [6.45, 7) is 1.68. The lowest BCUT2D eigenvalue weighted by Gasteiger charge is -2.04. The van der Waals surface area contributed by atoms with E-state index in [1.165, 1.54) is 12.1 Å². The zero-order valence-corrected chi connectivity index (χ0v) is 8.91. The summed E-state index contributed by atoms with van der Waals surface area (Å²) < 4.78 is 21.8. The van der Waals surface area contributed by atoms with Crippen LogP contribution >= 0.6 is 22.3 Å². The predicted molar refractivity (Wildman–Crippen MR) is 50.9 cm³/mol. The molecular formula is C7H6Cl2O3S. The molecule has 0 aliphatic heterocycles. The minimum atomic E-state index is -3.99. The summed E-state index contributed by atoms with van der Waals surface area (Å²) in [7, 11) is 1.06. The third-order valence-corrected chi connectivity index (χ3v) is 3.20. The van der Waals surface area contributed by atoms with Crippen LogP contribution in [0, 0.1) is 6.92 Å². The van der Waals surface area contributed by atoms with Gasteiger partial charge in [-0.3, -0.25) is 0 Å². The van der Waals surface area contributed by atoms with E-state index >= 15 is 0 Å². The number of phenols is 1. The topological polar surface area (TPSA) is 54.4 Å². The van der Waals surface area contributed by atoms with Gasteiger partial charge < -0.3 is 5.11 Å². The largest absolute Gasteiger partial charge is 0.506 e. The molecule has 0 spiro atoms. The van der Waals surface area contributed by atoms with E-state index in [1.54, 1.807) is 6.92 Å². The van der Waals surface area contributed by atoms with Gasteiger partial charge in [0.15, 0.2) is 0 Å². The maximum Gasteiger partial charge on any atom is 0.266 e. The number of aryl methyl sites for hydroxylation is 1. The molecule has 0 heterocycles. The quantitative estimate of drug-likeness (QED) is 0.767. The van der Waals surface area contributed by atoms with E-state index < -0.39 is 19.7 Å². The van der Waals surface area contributed by atoms with Gasteiger partial charge >= 0.3 is 0 Å². The van der Waals surface area contributed by atoms with E-state index in [1.807, 2.05) is 0 Å². The summed E-state index contributed by atoms with van der Waals surface area (Å²) in [6.07, 6.45) is 0. The van der Waals surface area contributed by atoms with Crippen LogP contribution in [0.25, 0.3) is 0 Å². The first-order valence-electron chi connectivity index (χ1n) is 3.26. The second-order valence-corrected chi connectivity index (χ2v) is 5.44. The van der Waals surface area contributed by atoms with Crippen molar-refractivity contribution in [2.45, 2.75) is 11.8 Å². The molecule has 1 aromatic rings. The molecule has 3 nitrogen and oxygen atoms in total. The van der Waals surface area contributed by atoms with Crippen LogP contribution in [0.2, 0.25) is 5.02 Å². The van der Waals surface area contributed by atoms with Crippen molar-refractivity contribution >= 4 is 31.3 Å². The van der Waals surface area contributed by atoms with Crippen molar-refractivity contribution in [1.29, 1.82) is 0 Å². The second kappa shape index (κ2) is 3.36. The minimum absolute atomic E-state index is 0.0764. The van der Waals surface area contributed by atoms with Crippen LogP contribution in [-0.2, 0) is 9.05 Å². The first-order valence-corrected chi connectivity index (χ1v) is 5.95. The molecule has 0 atom stereocenters. The maximum atomic E-state index is 10.9. The Bertz CT molecular complexity index is 416. The molecule has 0 fully saturated rings. The van der Waals surface area contributed by atoms with Gasteiger partial charge in [0.1, 0.15) is 10.6 Å². The number of hydrogen-bond donors (Lipinski definition) is 1. The van der Waals surface area contributed by atoms with Crippen LogP contribution in [-0.4, -0.2) is 13.5 Å². The number of benzene rings is 1. The smallest absolute Gasteiger partial charge is 0.266 e. The summed E-state index contributed by atoms with van der Waals surface area (Å²) >= 11 is 5.60. The molecule has 0 aliphatic rings. The molecule has 13 heavy (non-hydrogen) atoms. The van der Waals surface area contributed by atoms with Gasteiger partial charge in [-0.1, -0.05) is 11.6 Å². The molecule has 6 heteroatoms. The second-order valence-electron chi connectivity index (χ2n) is 2.53. The summed E-state index contributed by atoms with van der Waals surface area (Å²) in [5.41, 5.74) is 0.659. The molecule has 0 saturated carbocycles. The van der Waals surface area contributed by atoms with Crippen molar-refractivity contribution < 1.29 is 13.5 Å². The molecule has 72 valence electrons. The predicted octanol–water partition coefficient (Wildman–Crippen LogP) is 2.28. The molecule has 0 unspecified atom stereocenters. The van der Waals surface area contributed by atoms with Crippen molar-refractivity contribution in [1.82, 2.24) is 0 Å². The standard InChI is InChI=1S/C7H6Cl2O3S/c1-4-2-5(8)7(6(10)3-4)13(9,11)12/h2-3,10H,1H3. The van der Waals surface area contributed by atoms with Crippen LogP contribution in [0.1, 0.15) is 5.56 Å². The minimum Gasteiger partial charge on any atom is -0.506 e. The highest BCUT2D eigenvalue weighted by atomic mass is 35.7. The molecule has 0 aliphatic carbocycles.